The minimum atomic E-state index is 0.428. The highest BCUT2D eigenvalue weighted by Crippen LogP contribution is 2.40. The van der Waals surface area contributed by atoms with Crippen LogP contribution in [-0.2, 0) is 0 Å². The lowest BCUT2D eigenvalue weighted by Gasteiger charge is -2.07. The molecule has 6 heteroatoms. The highest BCUT2D eigenvalue weighted by molar-refractivity contribution is 6.33. The molecular weight excluding hydrogens is 331 g/mol. The molecule has 1 heterocycles. The Morgan fingerprint density at radius 3 is 2.43 bits per heavy atom. The van der Waals surface area contributed by atoms with Crippen LogP contribution in [0.5, 0.6) is 0 Å². The van der Waals surface area contributed by atoms with E-state index in [0.717, 1.165) is 22.4 Å². The molecule has 0 aliphatic rings. The van der Waals surface area contributed by atoms with Crippen molar-refractivity contribution >= 4 is 34.9 Å². The van der Waals surface area contributed by atoms with E-state index in [1.54, 1.807) is 6.92 Å². The molecule has 23 heavy (non-hydrogen) atoms. The van der Waals surface area contributed by atoms with Gasteiger partial charge in [-0.1, -0.05) is 53.5 Å². The van der Waals surface area contributed by atoms with Crippen molar-refractivity contribution in [1.29, 1.82) is 0 Å². The molecule has 1 aromatic heterocycles. The molecule has 116 valence electrons. The van der Waals surface area contributed by atoms with E-state index in [0.29, 0.717) is 21.7 Å². The molecule has 0 unspecified atom stereocenters. The summed E-state index contributed by atoms with van der Waals surface area (Å²) in [6, 6.07) is 15.0. The van der Waals surface area contributed by atoms with Crippen LogP contribution in [0.15, 0.2) is 53.5 Å². The number of nitrogens with zero attached hydrogens (tertiary/aromatic N) is 2. The molecule has 0 bridgehead atoms. The summed E-state index contributed by atoms with van der Waals surface area (Å²) in [5.41, 5.74) is 9.12. The Labute approximate surface area is 144 Å². The summed E-state index contributed by atoms with van der Waals surface area (Å²) in [6.07, 6.45) is 0. The Balaban J connectivity index is 2.26. The zero-order chi connectivity index (χ0) is 16.4. The third-order valence-electron chi connectivity index (χ3n) is 3.31. The van der Waals surface area contributed by atoms with Crippen LogP contribution < -0.4 is 5.73 Å². The molecular formula is C17H14Cl2N4. The topological polar surface area (TPSA) is 67.1 Å². The van der Waals surface area contributed by atoms with E-state index in [2.05, 4.69) is 15.2 Å². The molecule has 0 saturated carbocycles. The number of benzene rings is 2. The summed E-state index contributed by atoms with van der Waals surface area (Å²) in [4.78, 5) is 4.31. The highest BCUT2D eigenvalue weighted by Gasteiger charge is 2.18. The van der Waals surface area contributed by atoms with E-state index in [1.165, 1.54) is 0 Å². The molecule has 0 aliphatic heterocycles. The summed E-state index contributed by atoms with van der Waals surface area (Å²) in [5.74, 6) is 0.944. The average molecular weight is 345 g/mol. The first-order valence-corrected chi connectivity index (χ1v) is 7.72. The predicted molar refractivity (Wildman–Crippen MR) is 96.4 cm³/mol. The van der Waals surface area contributed by atoms with E-state index in [9.17, 15) is 0 Å². The van der Waals surface area contributed by atoms with Gasteiger partial charge in [-0.05, 0) is 30.7 Å². The zero-order valence-electron chi connectivity index (χ0n) is 12.3. The van der Waals surface area contributed by atoms with Gasteiger partial charge in [-0.15, -0.1) is 0 Å². The standard InChI is InChI=1S/C17H14Cl2N4/c1-10(20)21-17-15(11-6-8-12(18)9-7-11)16(22-23-17)13-4-2-3-5-14(13)19/h2-9H,1H3,(H3,20,21,22,23). The number of hydrogen-bond donors (Lipinski definition) is 2. The molecule has 0 radical (unpaired) electrons. The lowest BCUT2D eigenvalue weighted by Crippen LogP contribution is -2.04. The maximum Gasteiger partial charge on any atom is 0.183 e. The van der Waals surface area contributed by atoms with Crippen LogP contribution >= 0.6 is 23.2 Å². The van der Waals surface area contributed by atoms with Crippen LogP contribution in [0.1, 0.15) is 6.92 Å². The SMILES string of the molecule is CC(N)=Nc1n[nH]c(-c2ccccc2Cl)c1-c1ccc(Cl)cc1. The van der Waals surface area contributed by atoms with E-state index in [1.807, 2.05) is 48.5 Å². The normalized spacial score (nSPS) is 11.7. The van der Waals surface area contributed by atoms with Crippen LogP contribution in [0.3, 0.4) is 0 Å². The summed E-state index contributed by atoms with van der Waals surface area (Å²) < 4.78 is 0. The third kappa shape index (κ3) is 3.23. The third-order valence-corrected chi connectivity index (χ3v) is 3.89. The van der Waals surface area contributed by atoms with Crippen molar-refractivity contribution in [1.82, 2.24) is 10.2 Å². The molecule has 3 aromatic rings. The number of halogens is 2. The van der Waals surface area contributed by atoms with Gasteiger partial charge in [0.2, 0.25) is 0 Å². The Kier molecular flexibility index (Phi) is 4.37. The Morgan fingerprint density at radius 1 is 1.09 bits per heavy atom. The van der Waals surface area contributed by atoms with Crippen LogP contribution in [0.2, 0.25) is 10.0 Å². The molecule has 0 aliphatic carbocycles. The van der Waals surface area contributed by atoms with Crippen molar-refractivity contribution in [3.05, 3.63) is 58.6 Å². The molecule has 0 amide bonds. The average Bonchev–Trinajstić information content (AvgIpc) is 2.91. The quantitative estimate of drug-likeness (QED) is 0.515. The fourth-order valence-corrected chi connectivity index (χ4v) is 2.69. The van der Waals surface area contributed by atoms with E-state index < -0.39 is 0 Å². The van der Waals surface area contributed by atoms with Crippen LogP contribution in [0, 0.1) is 0 Å². The first-order valence-electron chi connectivity index (χ1n) is 6.96. The highest BCUT2D eigenvalue weighted by atomic mass is 35.5. The lowest BCUT2D eigenvalue weighted by atomic mass is 10.0. The second kappa shape index (κ2) is 6.44. The Morgan fingerprint density at radius 2 is 1.78 bits per heavy atom. The molecule has 4 nitrogen and oxygen atoms in total. The number of nitrogens with one attached hydrogen (secondary N) is 1. The molecule has 3 N–H and O–H groups in total. The van der Waals surface area contributed by atoms with Gasteiger partial charge in [0.15, 0.2) is 5.82 Å². The van der Waals surface area contributed by atoms with Crippen LogP contribution in [0.4, 0.5) is 5.82 Å². The summed E-state index contributed by atoms with van der Waals surface area (Å²) in [6.45, 7) is 1.72. The number of H-pyrrole nitrogens is 1. The largest absolute Gasteiger partial charge is 0.387 e. The fraction of sp³-hybridized carbons (Fsp3) is 0.0588. The molecule has 0 saturated heterocycles. The van der Waals surface area contributed by atoms with Crippen molar-refractivity contribution in [2.24, 2.45) is 10.7 Å². The summed E-state index contributed by atoms with van der Waals surface area (Å²) in [5, 5.41) is 8.60. The fourth-order valence-electron chi connectivity index (χ4n) is 2.33. The van der Waals surface area contributed by atoms with Crippen molar-refractivity contribution in [2.75, 3.05) is 0 Å². The second-order valence-corrected chi connectivity index (χ2v) is 5.88. The zero-order valence-corrected chi connectivity index (χ0v) is 13.9. The van der Waals surface area contributed by atoms with Gasteiger partial charge in [-0.3, -0.25) is 5.10 Å². The number of aromatic amines is 1. The van der Waals surface area contributed by atoms with Crippen molar-refractivity contribution in [2.45, 2.75) is 6.92 Å². The number of nitrogens with two attached hydrogens (primary N) is 1. The van der Waals surface area contributed by atoms with Gasteiger partial charge in [-0.25, -0.2) is 4.99 Å². The van der Waals surface area contributed by atoms with Gasteiger partial charge < -0.3 is 5.73 Å². The number of rotatable bonds is 3. The number of hydrogen-bond acceptors (Lipinski definition) is 2. The van der Waals surface area contributed by atoms with Gasteiger partial charge in [-0.2, -0.15) is 5.10 Å². The van der Waals surface area contributed by atoms with Crippen LogP contribution in [-0.4, -0.2) is 16.0 Å². The minimum Gasteiger partial charge on any atom is -0.387 e. The van der Waals surface area contributed by atoms with E-state index >= 15 is 0 Å². The van der Waals surface area contributed by atoms with Gasteiger partial charge in [0, 0.05) is 15.6 Å². The Hall–Kier alpha value is -2.30. The second-order valence-electron chi connectivity index (χ2n) is 5.04. The lowest BCUT2D eigenvalue weighted by molar-refractivity contribution is 1.08. The molecule has 0 atom stereocenters. The van der Waals surface area contributed by atoms with Crippen LogP contribution in [0.25, 0.3) is 22.4 Å². The summed E-state index contributed by atoms with van der Waals surface area (Å²) in [7, 11) is 0. The van der Waals surface area contributed by atoms with Crippen molar-refractivity contribution in [3.8, 4) is 22.4 Å². The molecule has 3 rings (SSSR count). The first kappa shape index (κ1) is 15.6. The maximum atomic E-state index is 6.33. The monoisotopic (exact) mass is 344 g/mol. The van der Waals surface area contributed by atoms with Gasteiger partial charge in [0.25, 0.3) is 0 Å². The smallest absolute Gasteiger partial charge is 0.183 e. The molecule has 2 aromatic carbocycles. The van der Waals surface area contributed by atoms with Crippen molar-refractivity contribution < 1.29 is 0 Å². The minimum absolute atomic E-state index is 0.428. The Bertz CT molecular complexity index is 863. The van der Waals surface area contributed by atoms with Gasteiger partial charge in [0.05, 0.1) is 17.1 Å². The number of amidine groups is 1. The van der Waals surface area contributed by atoms with E-state index in [4.69, 9.17) is 28.9 Å². The van der Waals surface area contributed by atoms with Gasteiger partial charge in [0.1, 0.15) is 0 Å². The molecule has 0 fully saturated rings. The maximum absolute atomic E-state index is 6.33. The number of aliphatic imine (C=N–C) groups is 1. The first-order chi connectivity index (χ1) is 11.1. The van der Waals surface area contributed by atoms with Gasteiger partial charge >= 0.3 is 0 Å². The van der Waals surface area contributed by atoms with Crippen molar-refractivity contribution in [3.63, 3.8) is 0 Å². The summed E-state index contributed by atoms with van der Waals surface area (Å²) >= 11 is 12.3. The van der Waals surface area contributed by atoms with E-state index in [-0.39, 0.29) is 0 Å². The molecule has 0 spiro atoms. The number of aromatic nitrogens is 2. The predicted octanol–water partition coefficient (Wildman–Crippen LogP) is 5.06.